The normalized spacial score (nSPS) is 10.2. The van der Waals surface area contributed by atoms with Crippen molar-refractivity contribution in [1.82, 2.24) is 0 Å². The predicted octanol–water partition coefficient (Wildman–Crippen LogP) is 3.51. The highest BCUT2D eigenvalue weighted by molar-refractivity contribution is 5.93. The second-order valence-corrected chi connectivity index (χ2v) is 5.72. The van der Waals surface area contributed by atoms with Gasteiger partial charge in [0.25, 0.3) is 5.91 Å². The van der Waals surface area contributed by atoms with Gasteiger partial charge < -0.3 is 19.9 Å². The molecule has 0 spiro atoms. The van der Waals surface area contributed by atoms with E-state index in [2.05, 4.69) is 5.32 Å². The van der Waals surface area contributed by atoms with Crippen molar-refractivity contribution in [3.05, 3.63) is 54.1 Å². The number of carbonyl (C=O) groups excluding carboxylic acids is 1. The lowest BCUT2D eigenvalue weighted by Gasteiger charge is -2.14. The van der Waals surface area contributed by atoms with E-state index in [1.165, 1.54) is 0 Å². The van der Waals surface area contributed by atoms with Gasteiger partial charge in [-0.15, -0.1) is 0 Å². The lowest BCUT2D eigenvalue weighted by atomic mass is 10.1. The SMILES string of the molecule is CCCOc1ccc(CCC(=O)O)cc1NC(=O)COc1ccccc1. The van der Waals surface area contributed by atoms with Crippen molar-refractivity contribution in [3.63, 3.8) is 0 Å². The summed E-state index contributed by atoms with van der Waals surface area (Å²) in [5.74, 6) is -0.0111. The molecule has 0 radical (unpaired) electrons. The number of nitrogens with one attached hydrogen (secondary N) is 1. The van der Waals surface area contributed by atoms with Crippen molar-refractivity contribution in [2.75, 3.05) is 18.5 Å². The Morgan fingerprint density at radius 2 is 1.85 bits per heavy atom. The standard InChI is InChI=1S/C20H23NO5/c1-2-12-25-18-10-8-15(9-11-20(23)24)13-17(18)21-19(22)14-26-16-6-4-3-5-7-16/h3-8,10,13H,2,9,11-12,14H2,1H3,(H,21,22)(H,23,24). The van der Waals surface area contributed by atoms with Crippen LogP contribution in [0.1, 0.15) is 25.3 Å². The molecule has 2 N–H and O–H groups in total. The van der Waals surface area contributed by atoms with E-state index in [1.54, 1.807) is 24.3 Å². The molecule has 0 aliphatic carbocycles. The average molecular weight is 357 g/mol. The van der Waals surface area contributed by atoms with Crippen LogP contribution in [0.3, 0.4) is 0 Å². The molecule has 0 unspecified atom stereocenters. The third kappa shape index (κ3) is 6.47. The van der Waals surface area contributed by atoms with E-state index < -0.39 is 5.97 Å². The van der Waals surface area contributed by atoms with Crippen molar-refractivity contribution >= 4 is 17.6 Å². The average Bonchev–Trinajstić information content (AvgIpc) is 2.65. The molecule has 0 saturated carbocycles. The number of para-hydroxylation sites is 1. The van der Waals surface area contributed by atoms with Crippen molar-refractivity contribution < 1.29 is 24.2 Å². The molecule has 0 saturated heterocycles. The van der Waals surface area contributed by atoms with Crippen molar-refractivity contribution in [2.45, 2.75) is 26.2 Å². The van der Waals surface area contributed by atoms with Crippen LogP contribution in [-0.4, -0.2) is 30.2 Å². The molecule has 0 bridgehead atoms. The highest BCUT2D eigenvalue weighted by Gasteiger charge is 2.11. The van der Waals surface area contributed by atoms with Crippen LogP contribution in [0.5, 0.6) is 11.5 Å². The summed E-state index contributed by atoms with van der Waals surface area (Å²) in [4.78, 5) is 23.0. The minimum atomic E-state index is -0.863. The summed E-state index contributed by atoms with van der Waals surface area (Å²) in [6, 6.07) is 14.4. The summed E-state index contributed by atoms with van der Waals surface area (Å²) in [7, 11) is 0. The molecule has 138 valence electrons. The number of carbonyl (C=O) groups is 2. The Morgan fingerprint density at radius 1 is 1.08 bits per heavy atom. The van der Waals surface area contributed by atoms with Gasteiger partial charge in [0, 0.05) is 6.42 Å². The van der Waals surface area contributed by atoms with Gasteiger partial charge in [0.05, 0.1) is 12.3 Å². The maximum Gasteiger partial charge on any atom is 0.303 e. The topological polar surface area (TPSA) is 84.9 Å². The van der Waals surface area contributed by atoms with Gasteiger partial charge in [-0.2, -0.15) is 0 Å². The van der Waals surface area contributed by atoms with Crippen molar-refractivity contribution in [2.24, 2.45) is 0 Å². The highest BCUT2D eigenvalue weighted by atomic mass is 16.5. The third-order valence-corrected chi connectivity index (χ3v) is 3.52. The van der Waals surface area contributed by atoms with E-state index in [1.807, 2.05) is 31.2 Å². The summed E-state index contributed by atoms with van der Waals surface area (Å²) in [5, 5.41) is 11.6. The highest BCUT2D eigenvalue weighted by Crippen LogP contribution is 2.27. The van der Waals surface area contributed by atoms with E-state index in [-0.39, 0.29) is 18.9 Å². The van der Waals surface area contributed by atoms with E-state index >= 15 is 0 Å². The van der Waals surface area contributed by atoms with Gasteiger partial charge in [0.2, 0.25) is 0 Å². The number of aliphatic carboxylic acids is 1. The number of benzene rings is 2. The number of hydrogen-bond acceptors (Lipinski definition) is 4. The Morgan fingerprint density at radius 3 is 2.54 bits per heavy atom. The van der Waals surface area contributed by atoms with E-state index in [9.17, 15) is 9.59 Å². The molecule has 26 heavy (non-hydrogen) atoms. The second kappa shape index (κ2) is 10.1. The quantitative estimate of drug-likeness (QED) is 0.680. The summed E-state index contributed by atoms with van der Waals surface area (Å²) in [5.41, 5.74) is 1.33. The van der Waals surface area contributed by atoms with Crippen LogP contribution in [-0.2, 0) is 16.0 Å². The Balaban J connectivity index is 2.03. The molecule has 6 nitrogen and oxygen atoms in total. The Hall–Kier alpha value is -3.02. The Kier molecular flexibility index (Phi) is 7.49. The van der Waals surface area contributed by atoms with Gasteiger partial charge in [0.15, 0.2) is 6.61 Å². The molecular weight excluding hydrogens is 334 g/mol. The first kappa shape index (κ1) is 19.3. The number of anilines is 1. The van der Waals surface area contributed by atoms with E-state index in [0.717, 1.165) is 12.0 Å². The number of amides is 1. The van der Waals surface area contributed by atoms with Gasteiger partial charge in [-0.25, -0.2) is 0 Å². The summed E-state index contributed by atoms with van der Waals surface area (Å²) in [6.07, 6.45) is 1.25. The molecule has 0 heterocycles. The van der Waals surface area contributed by atoms with Gasteiger partial charge in [-0.05, 0) is 42.7 Å². The molecular formula is C20H23NO5. The third-order valence-electron chi connectivity index (χ3n) is 3.52. The van der Waals surface area contributed by atoms with E-state index in [4.69, 9.17) is 14.6 Å². The Bertz CT molecular complexity index is 730. The second-order valence-electron chi connectivity index (χ2n) is 5.72. The lowest BCUT2D eigenvalue weighted by molar-refractivity contribution is -0.137. The van der Waals surface area contributed by atoms with Gasteiger partial charge in [0.1, 0.15) is 11.5 Å². The molecule has 0 atom stereocenters. The van der Waals surface area contributed by atoms with Gasteiger partial charge >= 0.3 is 5.97 Å². The molecule has 2 rings (SSSR count). The van der Waals surface area contributed by atoms with Crippen LogP contribution in [0.15, 0.2) is 48.5 Å². The number of rotatable bonds is 10. The minimum absolute atomic E-state index is 0.0274. The maximum absolute atomic E-state index is 12.2. The zero-order valence-corrected chi connectivity index (χ0v) is 14.7. The van der Waals surface area contributed by atoms with Gasteiger partial charge in [-0.3, -0.25) is 9.59 Å². The number of aryl methyl sites for hydroxylation is 1. The number of hydrogen-bond donors (Lipinski definition) is 2. The zero-order valence-electron chi connectivity index (χ0n) is 14.7. The molecule has 0 aliphatic heterocycles. The molecule has 0 aliphatic rings. The number of carboxylic acid groups (broad SMARTS) is 1. The molecule has 0 fully saturated rings. The molecule has 6 heteroatoms. The summed E-state index contributed by atoms with van der Waals surface area (Å²) < 4.78 is 11.1. The summed E-state index contributed by atoms with van der Waals surface area (Å²) >= 11 is 0. The van der Waals surface area contributed by atoms with Crippen LogP contribution in [0, 0.1) is 0 Å². The zero-order chi connectivity index (χ0) is 18.8. The molecule has 0 aromatic heterocycles. The first-order valence-electron chi connectivity index (χ1n) is 8.53. The van der Waals surface area contributed by atoms with Crippen LogP contribution < -0.4 is 14.8 Å². The number of ether oxygens (including phenoxy) is 2. The van der Waals surface area contributed by atoms with Crippen LogP contribution in [0.25, 0.3) is 0 Å². The van der Waals surface area contributed by atoms with E-state index in [0.29, 0.717) is 30.2 Å². The van der Waals surface area contributed by atoms with Gasteiger partial charge in [-0.1, -0.05) is 31.2 Å². The fraction of sp³-hybridized carbons (Fsp3) is 0.300. The number of carboxylic acids is 1. The van der Waals surface area contributed by atoms with Crippen LogP contribution >= 0.6 is 0 Å². The Labute approximate surface area is 152 Å². The first-order chi connectivity index (χ1) is 12.6. The monoisotopic (exact) mass is 357 g/mol. The smallest absolute Gasteiger partial charge is 0.303 e. The molecule has 1 amide bonds. The molecule has 2 aromatic rings. The van der Waals surface area contributed by atoms with Crippen LogP contribution in [0.2, 0.25) is 0 Å². The fourth-order valence-electron chi connectivity index (χ4n) is 2.27. The lowest BCUT2D eigenvalue weighted by Crippen LogP contribution is -2.20. The largest absolute Gasteiger partial charge is 0.491 e. The van der Waals surface area contributed by atoms with Crippen molar-refractivity contribution in [3.8, 4) is 11.5 Å². The fourth-order valence-corrected chi connectivity index (χ4v) is 2.27. The summed E-state index contributed by atoms with van der Waals surface area (Å²) in [6.45, 7) is 2.39. The predicted molar refractivity (Wildman–Crippen MR) is 98.8 cm³/mol. The minimum Gasteiger partial charge on any atom is -0.491 e. The first-order valence-corrected chi connectivity index (χ1v) is 8.53. The van der Waals surface area contributed by atoms with Crippen molar-refractivity contribution in [1.29, 1.82) is 0 Å². The maximum atomic E-state index is 12.2. The van der Waals surface area contributed by atoms with Crippen LogP contribution in [0.4, 0.5) is 5.69 Å². The molecule has 2 aromatic carbocycles.